The normalized spacial score (nSPS) is 16.4. The Morgan fingerprint density at radius 2 is 2.00 bits per heavy atom. The molecule has 1 atom stereocenters. The first kappa shape index (κ1) is 17.5. The summed E-state index contributed by atoms with van der Waals surface area (Å²) in [6, 6.07) is 4.05. The molecule has 1 aliphatic rings. The summed E-state index contributed by atoms with van der Waals surface area (Å²) in [5.41, 5.74) is 0.976. The number of carboxylic acids is 1. The predicted molar refractivity (Wildman–Crippen MR) is 91.1 cm³/mol. The number of aliphatic carboxylic acids is 1. The minimum atomic E-state index is -0.767. The van der Waals surface area contributed by atoms with Gasteiger partial charge >= 0.3 is 5.97 Å². The molecule has 2 heterocycles. The zero-order chi connectivity index (χ0) is 16.8. The second-order valence-electron chi connectivity index (χ2n) is 6.51. The van der Waals surface area contributed by atoms with Crippen molar-refractivity contribution in [1.29, 1.82) is 0 Å². The summed E-state index contributed by atoms with van der Waals surface area (Å²) in [5.74, 6) is 0.229. The van der Waals surface area contributed by atoms with Crippen LogP contribution in [0.5, 0.6) is 0 Å². The van der Waals surface area contributed by atoms with Crippen LogP contribution in [0.15, 0.2) is 18.3 Å². The maximum absolute atomic E-state index is 11.2. The molecule has 0 amide bonds. The molecule has 1 fully saturated rings. The van der Waals surface area contributed by atoms with E-state index in [4.69, 9.17) is 9.84 Å². The van der Waals surface area contributed by atoms with Crippen LogP contribution in [0, 0.1) is 11.8 Å². The van der Waals surface area contributed by atoms with Crippen LogP contribution >= 0.6 is 0 Å². The molecule has 0 saturated carbocycles. The van der Waals surface area contributed by atoms with E-state index < -0.39 is 11.9 Å². The lowest BCUT2D eigenvalue weighted by molar-refractivity contribution is -0.140. The van der Waals surface area contributed by atoms with Gasteiger partial charge in [0.05, 0.1) is 31.0 Å². The van der Waals surface area contributed by atoms with Crippen LogP contribution in [-0.2, 0) is 9.53 Å². The highest BCUT2D eigenvalue weighted by Gasteiger charge is 2.18. The third-order valence-electron chi connectivity index (χ3n) is 3.93. The van der Waals surface area contributed by atoms with E-state index in [1.165, 1.54) is 0 Å². The Bertz CT molecular complexity index is 498. The number of carbonyl (C=O) groups is 1. The highest BCUT2D eigenvalue weighted by Crippen LogP contribution is 2.20. The third kappa shape index (κ3) is 5.10. The Hall–Kier alpha value is -1.82. The van der Waals surface area contributed by atoms with Gasteiger partial charge in [-0.2, -0.15) is 0 Å². The summed E-state index contributed by atoms with van der Waals surface area (Å²) in [6.45, 7) is 10.5. The van der Waals surface area contributed by atoms with E-state index in [2.05, 4.69) is 28.6 Å². The van der Waals surface area contributed by atoms with Crippen LogP contribution in [0.3, 0.4) is 0 Å². The number of aromatic nitrogens is 1. The highest BCUT2D eigenvalue weighted by atomic mass is 16.5. The standard InChI is InChI=1S/C17H27N3O3/c1-13(2)11-20(12-14(3)17(21)22)15-4-5-16(18-10-15)19-6-8-23-9-7-19/h4-5,10,13-14H,6-9,11-12H2,1-3H3,(H,21,22). The molecule has 23 heavy (non-hydrogen) atoms. The van der Waals surface area contributed by atoms with Gasteiger partial charge in [0.1, 0.15) is 5.82 Å². The van der Waals surface area contributed by atoms with E-state index >= 15 is 0 Å². The molecule has 1 saturated heterocycles. The second kappa shape index (κ2) is 8.15. The zero-order valence-electron chi connectivity index (χ0n) is 14.2. The number of pyridine rings is 1. The van der Waals surface area contributed by atoms with Crippen molar-refractivity contribution < 1.29 is 14.6 Å². The van der Waals surface area contributed by atoms with Crippen LogP contribution < -0.4 is 9.80 Å². The molecule has 128 valence electrons. The molecule has 1 aliphatic heterocycles. The molecular formula is C17H27N3O3. The molecule has 1 aromatic heterocycles. The second-order valence-corrected chi connectivity index (χ2v) is 6.51. The number of hydrogen-bond donors (Lipinski definition) is 1. The molecule has 1 aromatic rings. The summed E-state index contributed by atoms with van der Waals surface area (Å²) in [7, 11) is 0. The fraction of sp³-hybridized carbons (Fsp3) is 0.647. The van der Waals surface area contributed by atoms with E-state index in [1.807, 2.05) is 18.3 Å². The molecule has 2 rings (SSSR count). The number of anilines is 2. The van der Waals surface area contributed by atoms with E-state index in [0.29, 0.717) is 12.5 Å². The number of ether oxygens (including phenoxy) is 1. The Kier molecular flexibility index (Phi) is 6.21. The SMILES string of the molecule is CC(C)CN(CC(C)C(=O)O)c1ccc(N2CCOCC2)nc1. The monoisotopic (exact) mass is 321 g/mol. The molecule has 0 radical (unpaired) electrons. The van der Waals surface area contributed by atoms with Crippen molar-refractivity contribution in [2.24, 2.45) is 11.8 Å². The molecule has 6 nitrogen and oxygen atoms in total. The van der Waals surface area contributed by atoms with Crippen molar-refractivity contribution >= 4 is 17.5 Å². The van der Waals surface area contributed by atoms with Crippen molar-refractivity contribution in [2.45, 2.75) is 20.8 Å². The number of morpholine rings is 1. The molecule has 1 N–H and O–H groups in total. The summed E-state index contributed by atoms with van der Waals surface area (Å²) >= 11 is 0. The fourth-order valence-corrected chi connectivity index (χ4v) is 2.68. The van der Waals surface area contributed by atoms with E-state index in [9.17, 15) is 4.79 Å². The average Bonchev–Trinajstić information content (AvgIpc) is 2.54. The number of nitrogens with zero attached hydrogens (tertiary/aromatic N) is 3. The number of carboxylic acid groups (broad SMARTS) is 1. The van der Waals surface area contributed by atoms with Crippen LogP contribution in [0.25, 0.3) is 0 Å². The Labute approximate surface area is 138 Å². The topological polar surface area (TPSA) is 65.9 Å². The molecule has 0 spiro atoms. The lowest BCUT2D eigenvalue weighted by Crippen LogP contribution is -2.37. The van der Waals surface area contributed by atoms with Gasteiger partial charge in [-0.3, -0.25) is 4.79 Å². The van der Waals surface area contributed by atoms with Gasteiger partial charge in [0.15, 0.2) is 0 Å². The van der Waals surface area contributed by atoms with Crippen molar-refractivity contribution in [3.63, 3.8) is 0 Å². The number of rotatable bonds is 7. The summed E-state index contributed by atoms with van der Waals surface area (Å²) in [6.07, 6.45) is 1.85. The first-order chi connectivity index (χ1) is 11.0. The first-order valence-electron chi connectivity index (χ1n) is 8.24. The minimum Gasteiger partial charge on any atom is -0.481 e. The molecule has 6 heteroatoms. The smallest absolute Gasteiger partial charge is 0.308 e. The van der Waals surface area contributed by atoms with Gasteiger partial charge in [-0.1, -0.05) is 20.8 Å². The van der Waals surface area contributed by atoms with E-state index in [-0.39, 0.29) is 0 Å². The van der Waals surface area contributed by atoms with Crippen molar-refractivity contribution in [1.82, 2.24) is 4.98 Å². The Morgan fingerprint density at radius 1 is 1.30 bits per heavy atom. The molecular weight excluding hydrogens is 294 g/mol. The molecule has 0 aliphatic carbocycles. The largest absolute Gasteiger partial charge is 0.481 e. The van der Waals surface area contributed by atoms with Crippen LogP contribution in [-0.4, -0.2) is 55.5 Å². The number of hydrogen-bond acceptors (Lipinski definition) is 5. The summed E-state index contributed by atoms with van der Waals surface area (Å²) in [4.78, 5) is 20.0. The highest BCUT2D eigenvalue weighted by molar-refractivity contribution is 5.70. The molecule has 1 unspecified atom stereocenters. The van der Waals surface area contributed by atoms with Gasteiger partial charge in [0.2, 0.25) is 0 Å². The van der Waals surface area contributed by atoms with Gasteiger partial charge in [-0.15, -0.1) is 0 Å². The predicted octanol–water partition coefficient (Wildman–Crippen LogP) is 2.10. The molecule has 0 aromatic carbocycles. The quantitative estimate of drug-likeness (QED) is 0.829. The van der Waals surface area contributed by atoms with Gasteiger partial charge in [-0.25, -0.2) is 4.98 Å². The van der Waals surface area contributed by atoms with Crippen LogP contribution in [0.4, 0.5) is 11.5 Å². The lowest BCUT2D eigenvalue weighted by Gasteiger charge is -2.30. The van der Waals surface area contributed by atoms with E-state index in [1.54, 1.807) is 6.92 Å². The van der Waals surface area contributed by atoms with Crippen molar-refractivity contribution in [2.75, 3.05) is 49.2 Å². The Morgan fingerprint density at radius 3 is 2.52 bits per heavy atom. The van der Waals surface area contributed by atoms with Gasteiger partial charge in [-0.05, 0) is 18.1 Å². The van der Waals surface area contributed by atoms with Gasteiger partial charge < -0.3 is 19.6 Å². The fourth-order valence-electron chi connectivity index (χ4n) is 2.68. The maximum atomic E-state index is 11.2. The zero-order valence-corrected chi connectivity index (χ0v) is 14.2. The van der Waals surface area contributed by atoms with E-state index in [0.717, 1.165) is 44.4 Å². The first-order valence-corrected chi connectivity index (χ1v) is 8.24. The molecule has 0 bridgehead atoms. The third-order valence-corrected chi connectivity index (χ3v) is 3.93. The summed E-state index contributed by atoms with van der Waals surface area (Å²) in [5, 5.41) is 9.17. The maximum Gasteiger partial charge on any atom is 0.308 e. The van der Waals surface area contributed by atoms with Gasteiger partial charge in [0, 0.05) is 26.2 Å². The minimum absolute atomic E-state index is 0.410. The lowest BCUT2D eigenvalue weighted by atomic mass is 10.1. The summed E-state index contributed by atoms with van der Waals surface area (Å²) < 4.78 is 5.36. The average molecular weight is 321 g/mol. The van der Waals surface area contributed by atoms with Crippen LogP contribution in [0.1, 0.15) is 20.8 Å². The van der Waals surface area contributed by atoms with Crippen molar-refractivity contribution in [3.8, 4) is 0 Å². The van der Waals surface area contributed by atoms with Gasteiger partial charge in [0.25, 0.3) is 0 Å². The van der Waals surface area contributed by atoms with Crippen LogP contribution in [0.2, 0.25) is 0 Å². The Balaban J connectivity index is 2.09. The van der Waals surface area contributed by atoms with Crippen molar-refractivity contribution in [3.05, 3.63) is 18.3 Å².